The van der Waals surface area contributed by atoms with E-state index in [1.165, 1.54) is 12.1 Å². The molecule has 110 valence electrons. The smallest absolute Gasteiger partial charge is 0.271 e. The van der Waals surface area contributed by atoms with E-state index in [9.17, 15) is 25.4 Å². The highest BCUT2D eigenvalue weighted by Gasteiger charge is 2.37. The van der Waals surface area contributed by atoms with Gasteiger partial charge in [-0.15, -0.1) is 0 Å². The fourth-order valence-electron chi connectivity index (χ4n) is 1.97. The number of non-ortho nitro benzene ring substituents is 1. The predicted molar refractivity (Wildman–Crippen MR) is 69.2 cm³/mol. The van der Waals surface area contributed by atoms with Crippen molar-refractivity contribution in [2.75, 3.05) is 11.9 Å². The van der Waals surface area contributed by atoms with Gasteiger partial charge >= 0.3 is 0 Å². The van der Waals surface area contributed by atoms with Crippen molar-refractivity contribution in [3.63, 3.8) is 0 Å². The number of ether oxygens (including phenoxy) is 1. The molecule has 0 aliphatic carbocycles. The number of aryl methyl sites for hydroxylation is 1. The van der Waals surface area contributed by atoms with E-state index < -0.39 is 29.5 Å². The maximum Gasteiger partial charge on any atom is 0.271 e. The van der Waals surface area contributed by atoms with Crippen LogP contribution < -0.4 is 5.32 Å². The number of aliphatic hydroxyl groups is 3. The lowest BCUT2D eigenvalue weighted by molar-refractivity contribution is -0.384. The SMILES string of the molecule is Cc1ccc([N+](=O)[O-])cc1N[C@@H]1OC[C@H](O)[C@@H](O)[C@@H]1O. The van der Waals surface area contributed by atoms with Gasteiger partial charge in [0, 0.05) is 17.8 Å². The number of aliphatic hydroxyl groups excluding tert-OH is 3. The minimum absolute atomic E-state index is 0.0935. The van der Waals surface area contributed by atoms with Gasteiger partial charge in [0.15, 0.2) is 6.23 Å². The first-order valence-electron chi connectivity index (χ1n) is 6.07. The molecular formula is C12H16N2O6. The second kappa shape index (κ2) is 5.71. The van der Waals surface area contributed by atoms with Crippen LogP contribution in [0.2, 0.25) is 0 Å². The van der Waals surface area contributed by atoms with Crippen LogP contribution in [0.3, 0.4) is 0 Å². The molecule has 0 bridgehead atoms. The molecule has 0 amide bonds. The zero-order valence-electron chi connectivity index (χ0n) is 10.8. The molecule has 4 atom stereocenters. The number of hydrogen-bond donors (Lipinski definition) is 4. The van der Waals surface area contributed by atoms with Gasteiger partial charge in [0.2, 0.25) is 0 Å². The lowest BCUT2D eigenvalue weighted by Gasteiger charge is -2.36. The Labute approximate surface area is 114 Å². The Morgan fingerprint density at radius 3 is 2.70 bits per heavy atom. The number of nitro benzene ring substituents is 1. The van der Waals surface area contributed by atoms with E-state index in [4.69, 9.17) is 4.74 Å². The first-order chi connectivity index (χ1) is 9.40. The Kier molecular flexibility index (Phi) is 4.19. The number of nitrogens with zero attached hydrogens (tertiary/aromatic N) is 1. The van der Waals surface area contributed by atoms with Crippen molar-refractivity contribution in [1.29, 1.82) is 0 Å². The molecule has 20 heavy (non-hydrogen) atoms. The van der Waals surface area contributed by atoms with E-state index in [1.807, 2.05) is 0 Å². The molecule has 1 heterocycles. The van der Waals surface area contributed by atoms with Crippen LogP contribution >= 0.6 is 0 Å². The van der Waals surface area contributed by atoms with E-state index >= 15 is 0 Å². The largest absolute Gasteiger partial charge is 0.388 e. The summed E-state index contributed by atoms with van der Waals surface area (Å²) in [6, 6.07) is 4.26. The Morgan fingerprint density at radius 1 is 1.35 bits per heavy atom. The van der Waals surface area contributed by atoms with Gasteiger partial charge in [0.05, 0.1) is 11.5 Å². The van der Waals surface area contributed by atoms with E-state index in [-0.39, 0.29) is 12.3 Å². The Balaban J connectivity index is 2.17. The number of anilines is 1. The highest BCUT2D eigenvalue weighted by molar-refractivity contribution is 5.57. The van der Waals surface area contributed by atoms with E-state index in [2.05, 4.69) is 5.32 Å². The molecule has 1 aliphatic heterocycles. The molecule has 0 aromatic heterocycles. The third-order valence-electron chi connectivity index (χ3n) is 3.23. The molecule has 1 aromatic rings. The standard InChI is InChI=1S/C12H16N2O6/c1-6-2-3-7(14(18)19)4-8(6)13-12-11(17)10(16)9(15)5-20-12/h2-4,9-13,15-17H,5H2,1H3/t9-,10+,11-,12+/m0/s1. The maximum absolute atomic E-state index is 10.7. The monoisotopic (exact) mass is 284 g/mol. The van der Waals surface area contributed by atoms with Crippen molar-refractivity contribution in [1.82, 2.24) is 0 Å². The minimum atomic E-state index is -1.34. The average molecular weight is 284 g/mol. The van der Waals surface area contributed by atoms with Crippen LogP contribution in [-0.4, -0.2) is 51.4 Å². The van der Waals surface area contributed by atoms with Crippen LogP contribution in [0.1, 0.15) is 5.56 Å². The topological polar surface area (TPSA) is 125 Å². The zero-order chi connectivity index (χ0) is 14.9. The van der Waals surface area contributed by atoms with Crippen LogP contribution in [0.25, 0.3) is 0 Å². The molecule has 1 aliphatic rings. The fraction of sp³-hybridized carbons (Fsp3) is 0.500. The maximum atomic E-state index is 10.7. The van der Waals surface area contributed by atoms with Crippen LogP contribution in [0.5, 0.6) is 0 Å². The second-order valence-corrected chi connectivity index (χ2v) is 4.70. The van der Waals surface area contributed by atoms with Crippen LogP contribution in [0.4, 0.5) is 11.4 Å². The summed E-state index contributed by atoms with van der Waals surface area (Å²) >= 11 is 0. The van der Waals surface area contributed by atoms with Gasteiger partial charge in [0.1, 0.15) is 18.3 Å². The van der Waals surface area contributed by atoms with Crippen molar-refractivity contribution < 1.29 is 25.0 Å². The zero-order valence-corrected chi connectivity index (χ0v) is 10.8. The summed E-state index contributed by atoms with van der Waals surface area (Å²) in [4.78, 5) is 10.2. The molecule has 8 nitrogen and oxygen atoms in total. The Morgan fingerprint density at radius 2 is 2.05 bits per heavy atom. The summed E-state index contributed by atoms with van der Waals surface area (Å²) in [6.45, 7) is 1.61. The Bertz CT molecular complexity index is 509. The summed E-state index contributed by atoms with van der Waals surface area (Å²) in [5.41, 5.74) is 1.06. The van der Waals surface area contributed by atoms with Gasteiger partial charge in [0.25, 0.3) is 5.69 Å². The van der Waals surface area contributed by atoms with Crippen LogP contribution in [-0.2, 0) is 4.74 Å². The van der Waals surface area contributed by atoms with E-state index in [1.54, 1.807) is 13.0 Å². The molecule has 8 heteroatoms. The highest BCUT2D eigenvalue weighted by atomic mass is 16.6. The third-order valence-corrected chi connectivity index (χ3v) is 3.23. The average Bonchev–Trinajstić information content (AvgIpc) is 2.41. The molecule has 1 fully saturated rings. The number of nitro groups is 1. The predicted octanol–water partition coefficient (Wildman–Crippen LogP) is -0.246. The van der Waals surface area contributed by atoms with E-state index in [0.29, 0.717) is 5.69 Å². The van der Waals surface area contributed by atoms with Gasteiger partial charge in [-0.3, -0.25) is 10.1 Å². The first-order valence-corrected chi connectivity index (χ1v) is 6.07. The van der Waals surface area contributed by atoms with Gasteiger partial charge in [-0.25, -0.2) is 0 Å². The van der Waals surface area contributed by atoms with Gasteiger partial charge in [-0.05, 0) is 12.5 Å². The normalized spacial score (nSPS) is 30.0. The van der Waals surface area contributed by atoms with Gasteiger partial charge in [-0.1, -0.05) is 6.07 Å². The summed E-state index contributed by atoms with van der Waals surface area (Å²) < 4.78 is 5.19. The summed E-state index contributed by atoms with van der Waals surface area (Å²) in [5.74, 6) is 0. The van der Waals surface area contributed by atoms with Crippen molar-refractivity contribution in [2.24, 2.45) is 0 Å². The summed E-state index contributed by atoms with van der Waals surface area (Å²) in [6.07, 6.45) is -4.78. The summed E-state index contributed by atoms with van der Waals surface area (Å²) in [5, 5.41) is 42.3. The fourth-order valence-corrected chi connectivity index (χ4v) is 1.97. The molecule has 1 saturated heterocycles. The van der Waals surface area contributed by atoms with Gasteiger partial charge in [-0.2, -0.15) is 0 Å². The molecule has 0 radical (unpaired) electrons. The van der Waals surface area contributed by atoms with E-state index in [0.717, 1.165) is 5.56 Å². The number of rotatable bonds is 3. The molecule has 4 N–H and O–H groups in total. The lowest BCUT2D eigenvalue weighted by atomic mass is 10.0. The van der Waals surface area contributed by atoms with Crippen LogP contribution in [0, 0.1) is 17.0 Å². The molecule has 1 aromatic carbocycles. The highest BCUT2D eigenvalue weighted by Crippen LogP contribution is 2.25. The van der Waals surface area contributed by atoms with Crippen molar-refractivity contribution in [3.05, 3.63) is 33.9 Å². The molecular weight excluding hydrogens is 268 g/mol. The summed E-state index contributed by atoms with van der Waals surface area (Å²) in [7, 11) is 0. The Hall–Kier alpha value is -1.74. The van der Waals surface area contributed by atoms with Crippen molar-refractivity contribution in [2.45, 2.75) is 31.5 Å². The molecule has 2 rings (SSSR count). The van der Waals surface area contributed by atoms with Crippen molar-refractivity contribution in [3.8, 4) is 0 Å². The first kappa shape index (κ1) is 14.7. The second-order valence-electron chi connectivity index (χ2n) is 4.70. The lowest BCUT2D eigenvalue weighted by Crippen LogP contribution is -2.55. The molecule has 0 saturated carbocycles. The minimum Gasteiger partial charge on any atom is -0.388 e. The number of nitrogens with one attached hydrogen (secondary N) is 1. The number of benzene rings is 1. The quantitative estimate of drug-likeness (QED) is 0.445. The molecule has 0 spiro atoms. The third kappa shape index (κ3) is 2.88. The van der Waals surface area contributed by atoms with Crippen LogP contribution in [0.15, 0.2) is 18.2 Å². The molecule has 0 unspecified atom stereocenters. The van der Waals surface area contributed by atoms with Crippen molar-refractivity contribution >= 4 is 11.4 Å². The van der Waals surface area contributed by atoms with Gasteiger partial charge < -0.3 is 25.4 Å². The number of hydrogen-bond acceptors (Lipinski definition) is 7.